The number of carbonyl (C=O) groups excluding carboxylic acids is 1. The monoisotopic (exact) mass is 508 g/mol. The quantitative estimate of drug-likeness (QED) is 0.389. The van der Waals surface area contributed by atoms with Crippen LogP contribution in [0.25, 0.3) is 10.9 Å². The molecule has 0 spiro atoms. The van der Waals surface area contributed by atoms with Crippen LogP contribution in [0.5, 0.6) is 0 Å². The number of fused-ring (bicyclic) bond motifs is 1. The second-order valence-electron chi connectivity index (χ2n) is 10.3. The number of likely N-dealkylation sites (tertiary alicyclic amines) is 1. The van der Waals surface area contributed by atoms with Crippen LogP contribution in [0.2, 0.25) is 0 Å². The summed E-state index contributed by atoms with van der Waals surface area (Å²) in [5, 5.41) is 0.751. The zero-order valence-electron chi connectivity index (χ0n) is 21.3. The van der Waals surface area contributed by atoms with E-state index in [-0.39, 0.29) is 17.2 Å². The third kappa shape index (κ3) is 4.83. The van der Waals surface area contributed by atoms with Crippen molar-refractivity contribution in [2.24, 2.45) is 0 Å². The Kier molecular flexibility index (Phi) is 7.22. The van der Waals surface area contributed by atoms with Crippen molar-refractivity contribution in [2.75, 3.05) is 19.7 Å². The number of aryl methyl sites for hydroxylation is 1. The highest BCUT2D eigenvalue weighted by Gasteiger charge is 2.29. The summed E-state index contributed by atoms with van der Waals surface area (Å²) in [6.07, 6.45) is 8.95. The van der Waals surface area contributed by atoms with E-state index in [0.29, 0.717) is 11.4 Å². The first-order valence-corrected chi connectivity index (χ1v) is 14.7. The van der Waals surface area contributed by atoms with E-state index in [1.54, 1.807) is 37.3 Å². The molecule has 1 aliphatic heterocycles. The van der Waals surface area contributed by atoms with Gasteiger partial charge in [-0.2, -0.15) is 0 Å². The van der Waals surface area contributed by atoms with E-state index >= 15 is 0 Å². The maximum Gasteiger partial charge on any atom is 0.356 e. The Hall–Kier alpha value is -2.64. The van der Waals surface area contributed by atoms with Gasteiger partial charge < -0.3 is 9.64 Å². The van der Waals surface area contributed by atoms with E-state index in [1.807, 2.05) is 19.1 Å². The van der Waals surface area contributed by atoms with Gasteiger partial charge in [-0.05, 0) is 94.4 Å². The van der Waals surface area contributed by atoms with E-state index < -0.39 is 16.0 Å². The normalized spacial score (nSPS) is 18.5. The molecule has 7 heteroatoms. The highest BCUT2D eigenvalue weighted by molar-refractivity contribution is 7.90. The number of benzene rings is 2. The molecule has 0 unspecified atom stereocenters. The van der Waals surface area contributed by atoms with Crippen LogP contribution in [-0.4, -0.2) is 49.0 Å². The van der Waals surface area contributed by atoms with E-state index in [4.69, 9.17) is 4.74 Å². The highest BCUT2D eigenvalue weighted by atomic mass is 32.2. The molecular formula is C29H36N2O4S. The van der Waals surface area contributed by atoms with Crippen LogP contribution in [0, 0.1) is 6.92 Å². The maximum absolute atomic E-state index is 13.7. The Morgan fingerprint density at radius 2 is 1.64 bits per heavy atom. The Morgan fingerprint density at radius 1 is 0.944 bits per heavy atom. The largest absolute Gasteiger partial charge is 0.461 e. The summed E-state index contributed by atoms with van der Waals surface area (Å²) in [5.41, 5.74) is 2.72. The zero-order valence-corrected chi connectivity index (χ0v) is 22.1. The number of rotatable bonds is 6. The summed E-state index contributed by atoms with van der Waals surface area (Å²) >= 11 is 0. The molecular weight excluding hydrogens is 472 g/mol. The summed E-state index contributed by atoms with van der Waals surface area (Å²) in [4.78, 5) is 15.7. The van der Waals surface area contributed by atoms with E-state index in [0.717, 1.165) is 46.9 Å². The van der Waals surface area contributed by atoms with E-state index in [2.05, 4.69) is 11.0 Å². The van der Waals surface area contributed by atoms with E-state index in [9.17, 15) is 13.2 Å². The average Bonchev–Trinajstić information content (AvgIpc) is 3.30. The van der Waals surface area contributed by atoms with Crippen molar-refractivity contribution in [2.45, 2.75) is 75.6 Å². The molecule has 1 saturated heterocycles. The molecule has 2 aliphatic rings. The average molecular weight is 509 g/mol. The van der Waals surface area contributed by atoms with Gasteiger partial charge in [0.05, 0.1) is 17.0 Å². The Labute approximate surface area is 214 Å². The summed E-state index contributed by atoms with van der Waals surface area (Å²) < 4.78 is 33.7. The van der Waals surface area contributed by atoms with Gasteiger partial charge in [0.15, 0.2) is 0 Å². The van der Waals surface area contributed by atoms with Crippen molar-refractivity contribution in [1.82, 2.24) is 8.87 Å². The van der Waals surface area contributed by atoms with Crippen LogP contribution in [0.15, 0.2) is 53.4 Å². The molecule has 2 aromatic carbocycles. The fraction of sp³-hybridized carbons (Fsp3) is 0.483. The molecule has 0 radical (unpaired) electrons. The van der Waals surface area contributed by atoms with Crippen molar-refractivity contribution in [1.29, 1.82) is 0 Å². The number of esters is 1. The molecule has 2 heterocycles. The van der Waals surface area contributed by atoms with Gasteiger partial charge in [-0.15, -0.1) is 0 Å². The topological polar surface area (TPSA) is 68.6 Å². The van der Waals surface area contributed by atoms with Crippen molar-refractivity contribution in [3.8, 4) is 0 Å². The molecule has 3 aromatic rings. The fourth-order valence-corrected chi connectivity index (χ4v) is 7.43. The molecule has 0 amide bonds. The summed E-state index contributed by atoms with van der Waals surface area (Å²) in [5.74, 6) is -0.191. The van der Waals surface area contributed by atoms with Crippen LogP contribution in [0.4, 0.5) is 0 Å². The lowest BCUT2D eigenvalue weighted by atomic mass is 9.86. The van der Waals surface area contributed by atoms with Crippen LogP contribution in [0.1, 0.15) is 79.4 Å². The molecule has 1 saturated carbocycles. The zero-order chi connectivity index (χ0) is 25.3. The van der Waals surface area contributed by atoms with Crippen LogP contribution in [-0.2, 0) is 14.8 Å². The van der Waals surface area contributed by atoms with Gasteiger partial charge >= 0.3 is 5.97 Å². The summed E-state index contributed by atoms with van der Waals surface area (Å²) in [6, 6.07) is 15.1. The smallest absolute Gasteiger partial charge is 0.356 e. The SMILES string of the molecule is CCOC(=O)c1cc2cc(C3CCN(C4CCCCC4)CC3)ccc2n1S(=O)(=O)c1ccc(C)cc1. The lowest BCUT2D eigenvalue weighted by Gasteiger charge is -2.39. The van der Waals surface area contributed by atoms with Gasteiger partial charge in [0, 0.05) is 11.4 Å². The van der Waals surface area contributed by atoms with Crippen molar-refractivity contribution >= 4 is 26.9 Å². The van der Waals surface area contributed by atoms with Gasteiger partial charge in [0.25, 0.3) is 10.0 Å². The minimum absolute atomic E-state index is 0.0386. The molecule has 0 bridgehead atoms. The number of nitrogens with zero attached hydrogens (tertiary/aromatic N) is 2. The predicted molar refractivity (Wildman–Crippen MR) is 142 cm³/mol. The fourth-order valence-electron chi connectivity index (χ4n) is 5.93. The first kappa shape index (κ1) is 25.0. The van der Waals surface area contributed by atoms with Gasteiger partial charge in [-0.25, -0.2) is 17.2 Å². The second kappa shape index (κ2) is 10.4. The standard InChI is InChI=1S/C29H36N2O4S/c1-3-35-29(32)28-20-24-19-23(22-15-17-30(18-16-22)25-7-5-4-6-8-25)11-14-27(24)31(28)36(33,34)26-12-9-21(2)10-13-26/h9-14,19-20,22,25H,3-8,15-18H2,1-2H3. The minimum Gasteiger partial charge on any atom is -0.461 e. The summed E-state index contributed by atoms with van der Waals surface area (Å²) in [6.45, 7) is 6.04. The number of ether oxygens (including phenoxy) is 1. The lowest BCUT2D eigenvalue weighted by molar-refractivity contribution is 0.0518. The van der Waals surface area contributed by atoms with Crippen molar-refractivity contribution < 1.29 is 17.9 Å². The Balaban J connectivity index is 1.47. The van der Waals surface area contributed by atoms with Crippen LogP contribution in [0.3, 0.4) is 0 Å². The molecule has 1 aromatic heterocycles. The Morgan fingerprint density at radius 3 is 2.31 bits per heavy atom. The first-order valence-electron chi connectivity index (χ1n) is 13.3. The first-order chi connectivity index (χ1) is 17.4. The Bertz CT molecular complexity index is 1330. The number of carbonyl (C=O) groups is 1. The van der Waals surface area contributed by atoms with Crippen molar-refractivity contribution in [3.05, 3.63) is 65.4 Å². The molecule has 0 atom stereocenters. The molecule has 1 aliphatic carbocycles. The predicted octanol–water partition coefficient (Wildman–Crippen LogP) is 5.88. The third-order valence-corrected chi connectivity index (χ3v) is 9.66. The number of hydrogen-bond donors (Lipinski definition) is 0. The highest BCUT2D eigenvalue weighted by Crippen LogP contribution is 2.35. The molecule has 6 nitrogen and oxygen atoms in total. The van der Waals surface area contributed by atoms with Gasteiger partial charge in [0.2, 0.25) is 0 Å². The third-order valence-electron chi connectivity index (χ3n) is 7.92. The van der Waals surface area contributed by atoms with Crippen LogP contribution < -0.4 is 0 Å². The van der Waals surface area contributed by atoms with Gasteiger partial charge in [-0.1, -0.05) is 43.0 Å². The number of piperidine rings is 1. The summed E-state index contributed by atoms with van der Waals surface area (Å²) in [7, 11) is -3.98. The maximum atomic E-state index is 13.7. The molecule has 192 valence electrons. The molecule has 5 rings (SSSR count). The van der Waals surface area contributed by atoms with Gasteiger partial charge in [0.1, 0.15) is 5.69 Å². The van der Waals surface area contributed by atoms with Gasteiger partial charge in [-0.3, -0.25) is 0 Å². The lowest BCUT2D eigenvalue weighted by Crippen LogP contribution is -2.41. The minimum atomic E-state index is -3.98. The van der Waals surface area contributed by atoms with Crippen LogP contribution >= 0.6 is 0 Å². The van der Waals surface area contributed by atoms with E-state index in [1.165, 1.54) is 37.7 Å². The molecule has 0 N–H and O–H groups in total. The van der Waals surface area contributed by atoms with Crippen molar-refractivity contribution in [3.63, 3.8) is 0 Å². The molecule has 36 heavy (non-hydrogen) atoms. The number of aromatic nitrogens is 1. The molecule has 2 fully saturated rings. The second-order valence-corrected chi connectivity index (χ2v) is 12.0. The number of hydrogen-bond acceptors (Lipinski definition) is 5.